The molecule has 0 heterocycles. The minimum Gasteiger partial charge on any atom is -0.464 e. The Morgan fingerprint density at radius 3 is 1.83 bits per heavy atom. The SMILES string of the molecule is CCOC(=O)C(Cl)(SN(C)C(=O)Cl)C(=O)OCC. The molecule has 104 valence electrons. The first-order valence-electron chi connectivity index (χ1n) is 4.95. The van der Waals surface area contributed by atoms with Gasteiger partial charge in [-0.3, -0.25) is 9.10 Å². The second kappa shape index (κ2) is 7.70. The molecule has 0 atom stereocenters. The van der Waals surface area contributed by atoms with Crippen LogP contribution in [0.1, 0.15) is 13.8 Å². The van der Waals surface area contributed by atoms with E-state index in [0.717, 1.165) is 4.31 Å². The molecule has 0 spiro atoms. The molecule has 0 unspecified atom stereocenters. The number of carbonyl (C=O) groups is 3. The zero-order chi connectivity index (χ0) is 14.3. The lowest BCUT2D eigenvalue weighted by Gasteiger charge is -2.25. The van der Waals surface area contributed by atoms with Gasteiger partial charge in [-0.15, -0.1) is 0 Å². The topological polar surface area (TPSA) is 72.9 Å². The Balaban J connectivity index is 5.08. The van der Waals surface area contributed by atoms with Crippen LogP contribution >= 0.6 is 35.1 Å². The van der Waals surface area contributed by atoms with Gasteiger partial charge in [-0.05, 0) is 25.4 Å². The fourth-order valence-electron chi connectivity index (χ4n) is 0.830. The molecule has 18 heavy (non-hydrogen) atoms. The van der Waals surface area contributed by atoms with Gasteiger partial charge in [0, 0.05) is 19.0 Å². The number of nitrogens with zero attached hydrogens (tertiary/aromatic N) is 1. The third kappa shape index (κ3) is 4.55. The van der Waals surface area contributed by atoms with E-state index in [1.54, 1.807) is 13.8 Å². The number of rotatable bonds is 6. The molecule has 0 bridgehead atoms. The maximum atomic E-state index is 11.7. The van der Waals surface area contributed by atoms with Gasteiger partial charge >= 0.3 is 21.5 Å². The Morgan fingerprint density at radius 1 is 1.17 bits per heavy atom. The van der Waals surface area contributed by atoms with Crippen LogP contribution in [0.15, 0.2) is 0 Å². The van der Waals surface area contributed by atoms with E-state index in [2.05, 4.69) is 9.47 Å². The summed E-state index contributed by atoms with van der Waals surface area (Å²) in [5.74, 6) is -2.03. The highest BCUT2D eigenvalue weighted by Crippen LogP contribution is 2.35. The van der Waals surface area contributed by atoms with E-state index in [1.807, 2.05) is 0 Å². The zero-order valence-electron chi connectivity index (χ0n) is 10.1. The number of esters is 2. The van der Waals surface area contributed by atoms with Crippen molar-refractivity contribution in [2.45, 2.75) is 18.1 Å². The van der Waals surface area contributed by atoms with E-state index in [1.165, 1.54) is 7.05 Å². The van der Waals surface area contributed by atoms with Crippen LogP contribution in [-0.4, -0.2) is 46.1 Å². The van der Waals surface area contributed by atoms with E-state index < -0.39 is 21.5 Å². The lowest BCUT2D eigenvalue weighted by Crippen LogP contribution is -2.43. The van der Waals surface area contributed by atoms with Crippen LogP contribution in [0.3, 0.4) is 0 Å². The normalized spacial score (nSPS) is 10.7. The van der Waals surface area contributed by atoms with Gasteiger partial charge in [0.2, 0.25) is 0 Å². The van der Waals surface area contributed by atoms with Gasteiger partial charge < -0.3 is 9.47 Å². The summed E-state index contributed by atoms with van der Waals surface area (Å²) in [6.45, 7) is 3.18. The summed E-state index contributed by atoms with van der Waals surface area (Å²) in [4.78, 5) is 34.3. The van der Waals surface area contributed by atoms with Gasteiger partial charge in [0.25, 0.3) is 0 Å². The number of alkyl halides is 1. The lowest BCUT2D eigenvalue weighted by atomic mass is 10.4. The quantitative estimate of drug-likeness (QED) is 0.186. The number of hydrogen-bond acceptors (Lipinski definition) is 6. The van der Waals surface area contributed by atoms with E-state index in [0.29, 0.717) is 11.9 Å². The second-order valence-corrected chi connectivity index (χ2v) is 5.33. The molecule has 0 aromatic heterocycles. The molecule has 0 aromatic rings. The molecule has 0 rings (SSSR count). The van der Waals surface area contributed by atoms with E-state index in [4.69, 9.17) is 23.2 Å². The van der Waals surface area contributed by atoms with Crippen LogP contribution < -0.4 is 0 Å². The van der Waals surface area contributed by atoms with Crippen molar-refractivity contribution in [1.82, 2.24) is 4.31 Å². The molecule has 0 aliphatic rings. The largest absolute Gasteiger partial charge is 0.464 e. The zero-order valence-corrected chi connectivity index (χ0v) is 12.4. The standard InChI is InChI=1S/C9H13Cl2NO5S/c1-4-16-6(13)9(11,7(14)17-5-2)18-12(3)8(10)15/h4-5H2,1-3H3. The van der Waals surface area contributed by atoms with Gasteiger partial charge in [0.1, 0.15) is 0 Å². The Morgan fingerprint density at radius 2 is 1.56 bits per heavy atom. The second-order valence-electron chi connectivity index (χ2n) is 2.88. The summed E-state index contributed by atoms with van der Waals surface area (Å²) in [7, 11) is 1.26. The molecule has 0 radical (unpaired) electrons. The van der Waals surface area contributed by atoms with Crippen molar-refractivity contribution < 1.29 is 23.9 Å². The van der Waals surface area contributed by atoms with Gasteiger partial charge in [-0.2, -0.15) is 0 Å². The maximum Gasteiger partial charge on any atom is 0.351 e. The van der Waals surface area contributed by atoms with Gasteiger partial charge in [-0.25, -0.2) is 9.59 Å². The third-order valence-electron chi connectivity index (χ3n) is 1.59. The highest BCUT2D eigenvalue weighted by Gasteiger charge is 2.50. The van der Waals surface area contributed by atoms with Gasteiger partial charge in [-0.1, -0.05) is 11.6 Å². The molecule has 0 aromatic carbocycles. The molecule has 6 nitrogen and oxygen atoms in total. The maximum absolute atomic E-state index is 11.7. The number of amides is 1. The molecular weight excluding hydrogens is 305 g/mol. The van der Waals surface area contributed by atoms with E-state index >= 15 is 0 Å². The van der Waals surface area contributed by atoms with Crippen molar-refractivity contribution >= 4 is 52.5 Å². The summed E-state index contributed by atoms with van der Waals surface area (Å²) in [5, 5.41) is -0.890. The van der Waals surface area contributed by atoms with E-state index in [9.17, 15) is 14.4 Å². The summed E-state index contributed by atoms with van der Waals surface area (Å²) in [6.07, 6.45) is 0. The molecule has 0 fully saturated rings. The van der Waals surface area contributed by atoms with E-state index in [-0.39, 0.29) is 13.2 Å². The monoisotopic (exact) mass is 317 g/mol. The molecule has 1 amide bonds. The smallest absolute Gasteiger partial charge is 0.351 e. The average Bonchev–Trinajstić information content (AvgIpc) is 2.29. The summed E-state index contributed by atoms with van der Waals surface area (Å²) >= 11 is 11.5. The summed E-state index contributed by atoms with van der Waals surface area (Å²) in [6, 6.07) is 0. The fraction of sp³-hybridized carbons (Fsp3) is 0.667. The summed E-state index contributed by atoms with van der Waals surface area (Å²) in [5.41, 5.74) is 0. The minimum atomic E-state index is -2.19. The van der Waals surface area contributed by atoms with Crippen LogP contribution in [0.4, 0.5) is 4.79 Å². The molecule has 0 N–H and O–H groups in total. The fourth-order valence-corrected chi connectivity index (χ4v) is 2.07. The average molecular weight is 318 g/mol. The molecule has 9 heteroatoms. The lowest BCUT2D eigenvalue weighted by molar-refractivity contribution is -0.154. The number of halogens is 2. The summed E-state index contributed by atoms with van der Waals surface area (Å²) < 4.78 is 8.01. The number of carbonyl (C=O) groups excluding carboxylic acids is 3. The Hall–Kier alpha value is -0.660. The predicted molar refractivity (Wildman–Crippen MR) is 68.5 cm³/mol. The Labute approximate surface area is 119 Å². The van der Waals surface area contributed by atoms with Gasteiger partial charge in [0.15, 0.2) is 0 Å². The van der Waals surface area contributed by atoms with Crippen molar-refractivity contribution in [2.24, 2.45) is 0 Å². The first-order valence-corrected chi connectivity index (χ1v) is 6.48. The molecule has 0 saturated heterocycles. The van der Waals surface area contributed by atoms with Crippen molar-refractivity contribution in [2.75, 3.05) is 20.3 Å². The number of ether oxygens (including phenoxy) is 2. The van der Waals surface area contributed by atoms with Crippen LogP contribution in [0.25, 0.3) is 0 Å². The van der Waals surface area contributed by atoms with Crippen molar-refractivity contribution in [1.29, 1.82) is 0 Å². The minimum absolute atomic E-state index is 0.0335. The van der Waals surface area contributed by atoms with Crippen molar-refractivity contribution in [3.8, 4) is 0 Å². The number of hydrogen-bond donors (Lipinski definition) is 0. The van der Waals surface area contributed by atoms with Crippen molar-refractivity contribution in [3.05, 3.63) is 0 Å². The third-order valence-corrected chi connectivity index (χ3v) is 3.48. The van der Waals surface area contributed by atoms with Crippen LogP contribution in [0.5, 0.6) is 0 Å². The predicted octanol–water partition coefficient (Wildman–Crippen LogP) is 1.99. The molecule has 0 aliphatic carbocycles. The Kier molecular flexibility index (Phi) is 7.42. The van der Waals surface area contributed by atoms with Crippen LogP contribution in [0, 0.1) is 0 Å². The molecule has 0 saturated carbocycles. The first-order chi connectivity index (χ1) is 8.29. The first kappa shape index (κ1) is 17.3. The highest BCUT2D eigenvalue weighted by atomic mass is 35.5. The van der Waals surface area contributed by atoms with Gasteiger partial charge in [0.05, 0.1) is 13.2 Å². The Bertz CT molecular complexity index is 321. The van der Waals surface area contributed by atoms with Crippen LogP contribution in [0.2, 0.25) is 0 Å². The molecule has 0 aliphatic heterocycles. The molecular formula is C9H13Cl2NO5S. The van der Waals surface area contributed by atoms with Crippen molar-refractivity contribution in [3.63, 3.8) is 0 Å². The highest BCUT2D eigenvalue weighted by molar-refractivity contribution is 8.02. The van der Waals surface area contributed by atoms with Crippen LogP contribution in [-0.2, 0) is 19.1 Å².